The van der Waals surface area contributed by atoms with Crippen molar-refractivity contribution in [2.24, 2.45) is 0 Å². The molecule has 0 amide bonds. The van der Waals surface area contributed by atoms with Crippen LogP contribution < -0.4 is 0 Å². The topological polar surface area (TPSA) is 0 Å². The molecule has 1 heteroatoms. The zero-order chi connectivity index (χ0) is 9.14. The van der Waals surface area contributed by atoms with Crippen molar-refractivity contribution in [2.75, 3.05) is 0 Å². The second-order valence-electron chi connectivity index (χ2n) is 3.06. The Morgan fingerprint density at radius 1 is 1.08 bits per heavy atom. The van der Waals surface area contributed by atoms with Crippen molar-refractivity contribution < 1.29 is 0 Å². The van der Waals surface area contributed by atoms with Gasteiger partial charge in [-0.15, -0.1) is 0 Å². The molecule has 0 saturated carbocycles. The molecule has 0 saturated heterocycles. The molecule has 0 radical (unpaired) electrons. The van der Waals surface area contributed by atoms with E-state index in [0.717, 1.165) is 0 Å². The molecule has 0 aliphatic heterocycles. The van der Waals surface area contributed by atoms with E-state index in [9.17, 15) is 0 Å². The normalized spacial score (nSPS) is 9.25. The molecule has 0 spiro atoms. The predicted molar refractivity (Wildman–Crippen MR) is 57.5 cm³/mol. The Hall–Kier alpha value is -0.421. The monoisotopic (exact) mass is 266 g/mol. The Kier molecular flexibility index (Phi) is 3.22. The summed E-state index contributed by atoms with van der Waals surface area (Å²) in [5, 5.41) is 0. The average Bonchev–Trinajstić information content (AvgIpc) is 2.07. The first-order chi connectivity index (χ1) is 5.66. The van der Waals surface area contributed by atoms with E-state index in [0.29, 0.717) is 22.5 Å². The molecule has 0 unspecified atom stereocenters. The van der Waals surface area contributed by atoms with Gasteiger partial charge in [0.25, 0.3) is 0 Å². The summed E-state index contributed by atoms with van der Waals surface area (Å²) in [6.07, 6.45) is 0. The van der Waals surface area contributed by atoms with Crippen molar-refractivity contribution in [3.63, 3.8) is 0 Å². The molecule has 0 aliphatic carbocycles. The molecule has 0 fully saturated rings. The fourth-order valence-electron chi connectivity index (χ4n) is 1.23. The predicted octanol–water partition coefficient (Wildman–Crippen LogP) is 1.29. The quantitative estimate of drug-likeness (QED) is 0.489. The van der Waals surface area contributed by atoms with Crippen LogP contribution in [0.25, 0.3) is 0 Å². The second-order valence-corrected chi connectivity index (χ2v) is 4.48. The molecule has 0 heterocycles. The summed E-state index contributed by atoms with van der Waals surface area (Å²) in [5.74, 6) is 3.19. The van der Waals surface area contributed by atoms with Gasteiger partial charge in [0.15, 0.2) is 0 Å². The minimum atomic E-state index is 0.489. The van der Waals surface area contributed by atoms with Gasteiger partial charge in [-0.1, -0.05) is 0 Å². The van der Waals surface area contributed by atoms with Crippen LogP contribution in [0.2, 0.25) is 0 Å². The van der Waals surface area contributed by atoms with Crippen LogP contribution in [-0.2, 0) is 0 Å². The fraction of sp³-hybridized carbons (Fsp3) is 0.273. The molecular formula is C11H14Sn. The molecule has 0 nitrogen and oxygen atoms in total. The van der Waals surface area contributed by atoms with Crippen LogP contribution >= 0.6 is 0 Å². The summed E-state index contributed by atoms with van der Waals surface area (Å²) in [5.41, 5.74) is 5.29. The SMILES string of the molecule is Cc1ccc(C#[C][SnH3])c(C)c1C. The Balaban J connectivity index is 3.33. The first-order valence-corrected chi connectivity index (χ1v) is 7.01. The molecular weight excluding hydrogens is 251 g/mol. The van der Waals surface area contributed by atoms with Gasteiger partial charge in [-0.2, -0.15) is 0 Å². The van der Waals surface area contributed by atoms with Gasteiger partial charge in [0.1, 0.15) is 0 Å². The van der Waals surface area contributed by atoms with Crippen molar-refractivity contribution in [1.29, 1.82) is 0 Å². The second kappa shape index (κ2) is 4.00. The van der Waals surface area contributed by atoms with Crippen molar-refractivity contribution in [2.45, 2.75) is 20.8 Å². The summed E-state index contributed by atoms with van der Waals surface area (Å²) in [6.45, 7) is 6.46. The van der Waals surface area contributed by atoms with Gasteiger partial charge in [0, 0.05) is 0 Å². The molecule has 1 aromatic carbocycles. The van der Waals surface area contributed by atoms with Crippen molar-refractivity contribution in [1.82, 2.24) is 0 Å². The molecule has 12 heavy (non-hydrogen) atoms. The Bertz CT molecular complexity index is 353. The van der Waals surface area contributed by atoms with Crippen LogP contribution in [0.4, 0.5) is 0 Å². The van der Waals surface area contributed by atoms with Crippen LogP contribution in [0.15, 0.2) is 12.1 Å². The summed E-state index contributed by atoms with van der Waals surface area (Å²) in [6, 6.07) is 4.28. The number of hydrogen-bond acceptors (Lipinski definition) is 0. The van der Waals surface area contributed by atoms with Gasteiger partial charge in [0.2, 0.25) is 0 Å². The zero-order valence-electron chi connectivity index (χ0n) is 8.15. The molecule has 0 aliphatic rings. The molecule has 1 rings (SSSR count). The number of aryl methyl sites for hydroxylation is 1. The van der Waals surface area contributed by atoms with Crippen molar-refractivity contribution >= 4 is 22.5 Å². The van der Waals surface area contributed by atoms with Gasteiger partial charge in [0.05, 0.1) is 0 Å². The summed E-state index contributed by atoms with van der Waals surface area (Å²) in [4.78, 5) is 0. The van der Waals surface area contributed by atoms with Crippen LogP contribution in [0.5, 0.6) is 0 Å². The molecule has 1 aromatic rings. The molecule has 0 bridgehead atoms. The van der Waals surface area contributed by atoms with Gasteiger partial charge >= 0.3 is 87.5 Å². The van der Waals surface area contributed by atoms with Gasteiger partial charge in [-0.3, -0.25) is 0 Å². The van der Waals surface area contributed by atoms with Crippen LogP contribution in [0.1, 0.15) is 22.3 Å². The van der Waals surface area contributed by atoms with E-state index in [2.05, 4.69) is 42.8 Å². The van der Waals surface area contributed by atoms with E-state index in [1.165, 1.54) is 22.3 Å². The number of hydrogen-bond donors (Lipinski definition) is 0. The van der Waals surface area contributed by atoms with E-state index >= 15 is 0 Å². The summed E-state index contributed by atoms with van der Waals surface area (Å²) >= 11 is 0.489. The van der Waals surface area contributed by atoms with E-state index in [4.69, 9.17) is 0 Å². The fourth-order valence-corrected chi connectivity index (χ4v) is 1.99. The minimum absolute atomic E-state index is 0.489. The Morgan fingerprint density at radius 2 is 1.75 bits per heavy atom. The van der Waals surface area contributed by atoms with E-state index in [1.807, 2.05) is 0 Å². The Labute approximate surface area is 87.5 Å². The Morgan fingerprint density at radius 3 is 2.33 bits per heavy atom. The zero-order valence-corrected chi connectivity index (χ0v) is 13.9. The van der Waals surface area contributed by atoms with E-state index < -0.39 is 0 Å². The maximum absolute atomic E-state index is 3.19. The van der Waals surface area contributed by atoms with Crippen LogP contribution in [0.3, 0.4) is 0 Å². The third-order valence-corrected chi connectivity index (χ3v) is 3.03. The maximum atomic E-state index is 3.19. The van der Waals surface area contributed by atoms with Crippen LogP contribution in [-0.4, -0.2) is 22.5 Å². The third kappa shape index (κ3) is 1.84. The van der Waals surface area contributed by atoms with Gasteiger partial charge in [-0.25, -0.2) is 0 Å². The number of rotatable bonds is 0. The standard InChI is InChI=1S/C11H11.Sn.3H/c1-5-11-7-6-8(2)9(3)10(11)4;;;;/h6-7H,2-4H3;;;;. The summed E-state index contributed by atoms with van der Waals surface area (Å²) in [7, 11) is 0. The van der Waals surface area contributed by atoms with Crippen molar-refractivity contribution in [3.05, 3.63) is 34.4 Å². The third-order valence-electron chi connectivity index (χ3n) is 2.32. The molecule has 0 N–H and O–H groups in total. The van der Waals surface area contributed by atoms with Crippen molar-refractivity contribution in [3.8, 4) is 9.86 Å². The van der Waals surface area contributed by atoms with E-state index in [1.54, 1.807) is 0 Å². The average molecular weight is 265 g/mol. The van der Waals surface area contributed by atoms with Crippen LogP contribution in [0, 0.1) is 30.6 Å². The first kappa shape index (κ1) is 9.67. The molecule has 0 atom stereocenters. The van der Waals surface area contributed by atoms with E-state index in [-0.39, 0.29) is 0 Å². The molecule has 0 aromatic heterocycles. The first-order valence-electron chi connectivity index (χ1n) is 4.16. The molecule has 62 valence electrons. The van der Waals surface area contributed by atoms with Gasteiger partial charge in [-0.05, 0) is 0 Å². The van der Waals surface area contributed by atoms with Gasteiger partial charge < -0.3 is 0 Å². The summed E-state index contributed by atoms with van der Waals surface area (Å²) < 4.78 is 3.13. The number of benzene rings is 1.